The minimum absolute atomic E-state index is 0.0784. The molecule has 1 amide bonds. The number of primary amides is 1. The van der Waals surface area contributed by atoms with Crippen molar-refractivity contribution >= 4 is 32.9 Å². The molecule has 1 aliphatic carbocycles. The summed E-state index contributed by atoms with van der Waals surface area (Å²) in [7, 11) is -3.40. The van der Waals surface area contributed by atoms with E-state index in [9.17, 15) is 18.0 Å². The van der Waals surface area contributed by atoms with E-state index in [1.807, 2.05) is 6.92 Å². The standard InChI is InChI=1S/C24H26N4O4S/c1-14-22-20(12-24(2,3)13-21(22)29)28(27-14)16-8-9-18(23(25)30)19(11-16)26-15-6-5-7-17(10-15)33(4,31)32/h5-11,26H,12-13H2,1-4H3,(H2,25,30). The van der Waals surface area contributed by atoms with E-state index in [4.69, 9.17) is 5.73 Å². The van der Waals surface area contributed by atoms with E-state index in [1.165, 1.54) is 12.1 Å². The van der Waals surface area contributed by atoms with Gasteiger partial charge in [0.05, 0.1) is 38.8 Å². The van der Waals surface area contributed by atoms with Gasteiger partial charge < -0.3 is 11.1 Å². The number of aromatic nitrogens is 2. The van der Waals surface area contributed by atoms with E-state index in [-0.39, 0.29) is 21.7 Å². The number of ketones is 1. The quantitative estimate of drug-likeness (QED) is 0.592. The van der Waals surface area contributed by atoms with Crippen molar-refractivity contribution in [3.8, 4) is 5.69 Å². The number of nitrogens with one attached hydrogen (secondary N) is 1. The number of carbonyl (C=O) groups is 2. The van der Waals surface area contributed by atoms with Crippen LogP contribution >= 0.6 is 0 Å². The van der Waals surface area contributed by atoms with Gasteiger partial charge in [0.25, 0.3) is 5.91 Å². The predicted octanol–water partition coefficient (Wildman–Crippen LogP) is 3.58. The normalized spacial score (nSPS) is 15.2. The van der Waals surface area contributed by atoms with E-state index in [1.54, 1.807) is 35.0 Å². The van der Waals surface area contributed by atoms with Crippen molar-refractivity contribution in [2.45, 2.75) is 38.5 Å². The van der Waals surface area contributed by atoms with Gasteiger partial charge in [0.15, 0.2) is 15.6 Å². The van der Waals surface area contributed by atoms with Gasteiger partial charge in [0, 0.05) is 18.4 Å². The van der Waals surface area contributed by atoms with E-state index < -0.39 is 15.7 Å². The minimum Gasteiger partial charge on any atom is -0.366 e. The highest BCUT2D eigenvalue weighted by molar-refractivity contribution is 7.90. The molecular weight excluding hydrogens is 440 g/mol. The molecule has 9 heteroatoms. The van der Waals surface area contributed by atoms with Crippen LogP contribution in [0.15, 0.2) is 47.4 Å². The van der Waals surface area contributed by atoms with Gasteiger partial charge in [-0.1, -0.05) is 19.9 Å². The first-order valence-electron chi connectivity index (χ1n) is 10.5. The van der Waals surface area contributed by atoms with Gasteiger partial charge in [0.2, 0.25) is 0 Å². The van der Waals surface area contributed by atoms with Gasteiger partial charge in [0.1, 0.15) is 0 Å². The zero-order chi connectivity index (χ0) is 24.1. The molecule has 1 aliphatic rings. The van der Waals surface area contributed by atoms with E-state index in [2.05, 4.69) is 24.3 Å². The fraction of sp³-hybridized carbons (Fsp3) is 0.292. The van der Waals surface area contributed by atoms with Crippen molar-refractivity contribution in [3.63, 3.8) is 0 Å². The molecule has 0 aliphatic heterocycles. The third kappa shape index (κ3) is 4.41. The van der Waals surface area contributed by atoms with Crippen LogP contribution < -0.4 is 11.1 Å². The molecular formula is C24H26N4O4S. The zero-order valence-electron chi connectivity index (χ0n) is 19.0. The summed E-state index contributed by atoms with van der Waals surface area (Å²) in [6, 6.07) is 11.4. The molecule has 1 heterocycles. The molecule has 2 aromatic carbocycles. The van der Waals surface area contributed by atoms with E-state index >= 15 is 0 Å². The first-order chi connectivity index (χ1) is 15.4. The van der Waals surface area contributed by atoms with Crippen LogP contribution in [0, 0.1) is 12.3 Å². The number of nitrogens with zero attached hydrogens (tertiary/aromatic N) is 2. The van der Waals surface area contributed by atoms with Crippen molar-refractivity contribution in [3.05, 3.63) is 65.0 Å². The molecule has 0 unspecified atom stereocenters. The highest BCUT2D eigenvalue weighted by atomic mass is 32.2. The number of hydrogen-bond donors (Lipinski definition) is 2. The summed E-state index contributed by atoms with van der Waals surface area (Å²) in [4.78, 5) is 25.0. The third-order valence-corrected chi connectivity index (χ3v) is 6.88. The monoisotopic (exact) mass is 466 g/mol. The summed E-state index contributed by atoms with van der Waals surface area (Å²) in [6.45, 7) is 5.93. The molecule has 4 rings (SSSR count). The average Bonchev–Trinajstić information content (AvgIpc) is 3.02. The maximum atomic E-state index is 12.8. The summed E-state index contributed by atoms with van der Waals surface area (Å²) in [6.07, 6.45) is 2.29. The lowest BCUT2D eigenvalue weighted by Gasteiger charge is -2.29. The molecule has 0 atom stereocenters. The number of fused-ring (bicyclic) bond motifs is 1. The topological polar surface area (TPSA) is 124 Å². The Morgan fingerprint density at radius 3 is 2.55 bits per heavy atom. The van der Waals surface area contributed by atoms with E-state index in [0.29, 0.717) is 41.2 Å². The number of carbonyl (C=O) groups excluding carboxylic acids is 2. The summed E-state index contributed by atoms with van der Waals surface area (Å²) < 4.78 is 25.6. The Bertz CT molecular complexity index is 1400. The number of rotatable bonds is 5. The maximum Gasteiger partial charge on any atom is 0.250 e. The Labute approximate surface area is 192 Å². The first kappa shape index (κ1) is 22.7. The molecule has 0 saturated heterocycles. The van der Waals surface area contributed by atoms with Gasteiger partial charge in [-0.05, 0) is 55.2 Å². The molecule has 0 radical (unpaired) electrons. The number of anilines is 2. The summed E-state index contributed by atoms with van der Waals surface area (Å²) in [5.41, 5.74) is 9.37. The predicted molar refractivity (Wildman–Crippen MR) is 126 cm³/mol. The lowest BCUT2D eigenvalue weighted by Crippen LogP contribution is -2.28. The van der Waals surface area contributed by atoms with Crippen LogP contribution in [0.2, 0.25) is 0 Å². The molecule has 1 aromatic heterocycles. The zero-order valence-corrected chi connectivity index (χ0v) is 19.8. The second-order valence-electron chi connectivity index (χ2n) is 9.28. The fourth-order valence-electron chi connectivity index (χ4n) is 4.30. The van der Waals surface area contributed by atoms with Crippen LogP contribution in [-0.4, -0.2) is 36.1 Å². The molecule has 33 heavy (non-hydrogen) atoms. The number of aryl methyl sites for hydroxylation is 1. The Balaban J connectivity index is 1.82. The molecule has 3 aromatic rings. The molecule has 3 N–H and O–H groups in total. The lowest BCUT2D eigenvalue weighted by molar-refractivity contribution is 0.0909. The van der Waals surface area contributed by atoms with Crippen LogP contribution in [0.25, 0.3) is 5.69 Å². The van der Waals surface area contributed by atoms with Crippen LogP contribution in [-0.2, 0) is 16.3 Å². The van der Waals surface area contributed by atoms with Crippen molar-refractivity contribution < 1.29 is 18.0 Å². The average molecular weight is 467 g/mol. The van der Waals surface area contributed by atoms with Crippen molar-refractivity contribution in [2.24, 2.45) is 11.1 Å². The second-order valence-corrected chi connectivity index (χ2v) is 11.3. The van der Waals surface area contributed by atoms with Crippen LogP contribution in [0.3, 0.4) is 0 Å². The molecule has 0 fully saturated rings. The summed E-state index contributed by atoms with van der Waals surface area (Å²) in [5, 5.41) is 7.74. The number of benzene rings is 2. The molecule has 0 saturated carbocycles. The number of amides is 1. The number of hydrogen-bond acceptors (Lipinski definition) is 6. The third-order valence-electron chi connectivity index (χ3n) is 5.77. The van der Waals surface area contributed by atoms with Crippen molar-refractivity contribution in [2.75, 3.05) is 11.6 Å². The number of nitrogens with two attached hydrogens (primary N) is 1. The SMILES string of the molecule is Cc1nn(-c2ccc(C(N)=O)c(Nc3cccc(S(C)(=O)=O)c3)c2)c2c1C(=O)CC(C)(C)C2. The van der Waals surface area contributed by atoms with E-state index in [0.717, 1.165) is 11.9 Å². The van der Waals surface area contributed by atoms with Gasteiger partial charge in [-0.3, -0.25) is 9.59 Å². The van der Waals surface area contributed by atoms with Gasteiger partial charge in [-0.25, -0.2) is 13.1 Å². The molecule has 0 bridgehead atoms. The smallest absolute Gasteiger partial charge is 0.250 e. The van der Waals surface area contributed by atoms with Crippen LogP contribution in [0.1, 0.15) is 52.4 Å². The lowest BCUT2D eigenvalue weighted by atomic mass is 9.75. The summed E-state index contributed by atoms with van der Waals surface area (Å²) >= 11 is 0. The molecule has 8 nitrogen and oxygen atoms in total. The highest BCUT2D eigenvalue weighted by Crippen LogP contribution is 2.37. The Morgan fingerprint density at radius 2 is 1.88 bits per heavy atom. The van der Waals surface area contributed by atoms with Gasteiger partial charge in [-0.2, -0.15) is 5.10 Å². The largest absolute Gasteiger partial charge is 0.366 e. The Hall–Kier alpha value is -3.46. The van der Waals surface area contributed by atoms with Crippen molar-refractivity contribution in [1.82, 2.24) is 9.78 Å². The minimum atomic E-state index is -3.40. The van der Waals surface area contributed by atoms with Crippen LogP contribution in [0.4, 0.5) is 11.4 Å². The number of sulfone groups is 1. The van der Waals surface area contributed by atoms with Crippen molar-refractivity contribution in [1.29, 1.82) is 0 Å². The summed E-state index contributed by atoms with van der Waals surface area (Å²) in [5.74, 6) is -0.548. The Kier molecular flexibility index (Phi) is 5.40. The number of Topliss-reactive ketones (excluding diaryl/α,β-unsaturated/α-hetero) is 1. The maximum absolute atomic E-state index is 12.8. The highest BCUT2D eigenvalue weighted by Gasteiger charge is 2.35. The first-order valence-corrected chi connectivity index (χ1v) is 12.4. The second kappa shape index (κ2) is 7.84. The molecule has 172 valence electrons. The Morgan fingerprint density at radius 1 is 1.15 bits per heavy atom. The molecule has 0 spiro atoms. The van der Waals surface area contributed by atoms with Gasteiger partial charge >= 0.3 is 0 Å². The van der Waals surface area contributed by atoms with Crippen LogP contribution in [0.5, 0.6) is 0 Å². The van der Waals surface area contributed by atoms with Gasteiger partial charge in [-0.15, -0.1) is 0 Å². The fourth-order valence-corrected chi connectivity index (χ4v) is 4.96.